The van der Waals surface area contributed by atoms with Crippen LogP contribution >= 0.6 is 0 Å². The van der Waals surface area contributed by atoms with Crippen LogP contribution in [0.5, 0.6) is 0 Å². The summed E-state index contributed by atoms with van der Waals surface area (Å²) in [7, 11) is 0. The molecule has 0 aliphatic carbocycles. The molecular weight excluding hydrogens is 128 g/mol. The molecule has 2 fully saturated rings. The van der Waals surface area contributed by atoms with Gasteiger partial charge in [0.2, 0.25) is 5.91 Å². The number of carbonyl (C=O) groups is 1. The third kappa shape index (κ3) is 0.701. The Hall–Kier alpha value is -0.990. The van der Waals surface area contributed by atoms with Crippen LogP contribution in [-0.2, 0) is 4.79 Å². The molecule has 0 aromatic carbocycles. The van der Waals surface area contributed by atoms with Gasteiger partial charge in [-0.25, -0.2) is 0 Å². The number of carbonyl (C=O) groups excluding carboxylic acids is 1. The molecule has 2 saturated heterocycles. The zero-order valence-corrected chi connectivity index (χ0v) is 5.68. The maximum absolute atomic E-state index is 10.8. The van der Waals surface area contributed by atoms with Gasteiger partial charge in [0.1, 0.15) is 6.17 Å². The van der Waals surface area contributed by atoms with E-state index in [9.17, 15) is 4.79 Å². The van der Waals surface area contributed by atoms with Crippen molar-refractivity contribution in [3.8, 4) is 0 Å². The molecule has 2 aliphatic heterocycles. The first-order chi connectivity index (χ1) is 4.75. The van der Waals surface area contributed by atoms with Crippen molar-refractivity contribution in [3.63, 3.8) is 0 Å². The van der Waals surface area contributed by atoms with Gasteiger partial charge in [0.05, 0.1) is 0 Å². The van der Waals surface area contributed by atoms with E-state index in [2.05, 4.69) is 17.2 Å². The molecule has 2 aliphatic rings. The van der Waals surface area contributed by atoms with Crippen LogP contribution in [0.4, 0.5) is 0 Å². The van der Waals surface area contributed by atoms with E-state index in [1.165, 1.54) is 0 Å². The second-order valence-corrected chi connectivity index (χ2v) is 2.96. The van der Waals surface area contributed by atoms with Crippen LogP contribution in [0.15, 0.2) is 12.3 Å². The molecule has 2 atom stereocenters. The minimum absolute atomic E-state index is 0.162. The van der Waals surface area contributed by atoms with Crippen LogP contribution in [0, 0.1) is 5.92 Å². The largest absolute Gasteiger partial charge is 0.369 e. The molecule has 3 nitrogen and oxygen atoms in total. The molecule has 10 heavy (non-hydrogen) atoms. The summed E-state index contributed by atoms with van der Waals surface area (Å²) in [6.07, 6.45) is 1.79. The van der Waals surface area contributed by atoms with Crippen LogP contribution in [0.25, 0.3) is 0 Å². The summed E-state index contributed by atoms with van der Waals surface area (Å²) in [5.41, 5.74) is 1.05. The van der Waals surface area contributed by atoms with Gasteiger partial charge in [0.25, 0.3) is 0 Å². The Morgan fingerprint density at radius 2 is 2.20 bits per heavy atom. The maximum Gasteiger partial charge on any atom is 0.222 e. The molecule has 54 valence electrons. The van der Waals surface area contributed by atoms with E-state index in [1.807, 2.05) is 0 Å². The van der Waals surface area contributed by atoms with Crippen LogP contribution < -0.4 is 10.6 Å². The number of nitrogens with one attached hydrogen (secondary N) is 2. The molecule has 2 heterocycles. The second kappa shape index (κ2) is 1.75. The van der Waals surface area contributed by atoms with Gasteiger partial charge in [-0.05, 0) is 6.42 Å². The first kappa shape index (κ1) is 5.77. The van der Waals surface area contributed by atoms with Crippen molar-refractivity contribution in [1.82, 2.24) is 10.6 Å². The lowest BCUT2D eigenvalue weighted by Crippen LogP contribution is -2.36. The monoisotopic (exact) mass is 138 g/mol. The Balaban J connectivity index is 2.12. The molecule has 0 aromatic heterocycles. The first-order valence-corrected chi connectivity index (χ1v) is 3.49. The first-order valence-electron chi connectivity index (χ1n) is 3.49. The van der Waals surface area contributed by atoms with E-state index in [1.54, 1.807) is 0 Å². The van der Waals surface area contributed by atoms with Crippen LogP contribution in [-0.4, -0.2) is 12.1 Å². The molecule has 0 aromatic rings. The van der Waals surface area contributed by atoms with Crippen LogP contribution in [0.2, 0.25) is 0 Å². The lowest BCUT2D eigenvalue weighted by atomic mass is 10.1. The number of hydrogen-bond acceptors (Lipinski definition) is 2. The van der Waals surface area contributed by atoms with Gasteiger partial charge in [0, 0.05) is 18.0 Å². The molecule has 0 bridgehead atoms. The van der Waals surface area contributed by atoms with Gasteiger partial charge < -0.3 is 10.6 Å². The van der Waals surface area contributed by atoms with Crippen LogP contribution in [0.3, 0.4) is 0 Å². The van der Waals surface area contributed by atoms with Crippen molar-refractivity contribution in [1.29, 1.82) is 0 Å². The summed E-state index contributed by atoms with van der Waals surface area (Å²) >= 11 is 0. The third-order valence-corrected chi connectivity index (χ3v) is 2.10. The highest BCUT2D eigenvalue weighted by Crippen LogP contribution is 2.27. The van der Waals surface area contributed by atoms with E-state index < -0.39 is 0 Å². The molecular formula is C7H10N2O. The zero-order chi connectivity index (χ0) is 7.14. The Labute approximate surface area is 59.5 Å². The molecule has 0 spiro atoms. The average molecular weight is 138 g/mol. The normalized spacial score (nSPS) is 37.2. The average Bonchev–Trinajstić information content (AvgIpc) is 2.21. The summed E-state index contributed by atoms with van der Waals surface area (Å²) in [5, 5.41) is 5.96. The Kier molecular flexibility index (Phi) is 1.01. The lowest BCUT2D eigenvalue weighted by molar-refractivity contribution is -0.119. The van der Waals surface area contributed by atoms with E-state index >= 15 is 0 Å². The van der Waals surface area contributed by atoms with Crippen molar-refractivity contribution in [2.24, 2.45) is 5.92 Å². The zero-order valence-electron chi connectivity index (χ0n) is 5.68. The molecule has 3 heteroatoms. The Bertz CT molecular complexity index is 162. The molecule has 0 saturated carbocycles. The van der Waals surface area contributed by atoms with Crippen molar-refractivity contribution in [2.75, 3.05) is 0 Å². The second-order valence-electron chi connectivity index (χ2n) is 2.96. The van der Waals surface area contributed by atoms with Crippen LogP contribution in [0.1, 0.15) is 12.8 Å². The van der Waals surface area contributed by atoms with Gasteiger partial charge in [-0.3, -0.25) is 4.79 Å². The molecule has 2 unspecified atom stereocenters. The summed E-state index contributed by atoms with van der Waals surface area (Å²) in [6, 6.07) is 0. The number of amides is 1. The van der Waals surface area contributed by atoms with Gasteiger partial charge in [-0.1, -0.05) is 6.58 Å². The van der Waals surface area contributed by atoms with Crippen molar-refractivity contribution < 1.29 is 4.79 Å². The van der Waals surface area contributed by atoms with Gasteiger partial charge in [-0.15, -0.1) is 0 Å². The number of allylic oxidation sites excluding steroid dienone is 1. The Morgan fingerprint density at radius 3 is 2.90 bits per heavy atom. The predicted molar refractivity (Wildman–Crippen MR) is 36.9 cm³/mol. The summed E-state index contributed by atoms with van der Waals surface area (Å²) < 4.78 is 0. The third-order valence-electron chi connectivity index (χ3n) is 2.10. The van der Waals surface area contributed by atoms with Gasteiger partial charge in [0.15, 0.2) is 0 Å². The summed E-state index contributed by atoms with van der Waals surface area (Å²) in [5.74, 6) is 0.620. The fourth-order valence-electron chi connectivity index (χ4n) is 1.65. The SMILES string of the molecule is C=C1CC2CC(=O)NC2N1. The Morgan fingerprint density at radius 1 is 1.40 bits per heavy atom. The number of hydrogen-bond donors (Lipinski definition) is 2. The highest BCUT2D eigenvalue weighted by Gasteiger charge is 2.37. The molecule has 1 amide bonds. The molecule has 2 N–H and O–H groups in total. The highest BCUT2D eigenvalue weighted by molar-refractivity contribution is 5.79. The highest BCUT2D eigenvalue weighted by atomic mass is 16.2. The number of fused-ring (bicyclic) bond motifs is 1. The van der Waals surface area contributed by atoms with E-state index in [0.717, 1.165) is 12.1 Å². The lowest BCUT2D eigenvalue weighted by Gasteiger charge is -2.07. The summed E-state index contributed by atoms with van der Waals surface area (Å²) in [4.78, 5) is 10.8. The fourth-order valence-corrected chi connectivity index (χ4v) is 1.65. The standard InChI is InChI=1S/C7H10N2O/c1-4-2-5-3-6(10)9-7(5)8-4/h5,7-8H,1-3H2,(H,9,10). The topological polar surface area (TPSA) is 41.1 Å². The molecule has 2 rings (SSSR count). The minimum Gasteiger partial charge on any atom is -0.369 e. The fraction of sp³-hybridized carbons (Fsp3) is 0.571. The summed E-state index contributed by atoms with van der Waals surface area (Å²) in [6.45, 7) is 3.80. The van der Waals surface area contributed by atoms with Crippen molar-refractivity contribution in [2.45, 2.75) is 19.0 Å². The van der Waals surface area contributed by atoms with Gasteiger partial charge in [-0.2, -0.15) is 0 Å². The minimum atomic E-state index is 0.162. The molecule has 0 radical (unpaired) electrons. The smallest absolute Gasteiger partial charge is 0.222 e. The van der Waals surface area contributed by atoms with E-state index in [0.29, 0.717) is 12.3 Å². The maximum atomic E-state index is 10.8. The van der Waals surface area contributed by atoms with Crippen molar-refractivity contribution in [3.05, 3.63) is 12.3 Å². The van der Waals surface area contributed by atoms with Crippen molar-refractivity contribution >= 4 is 5.91 Å². The van der Waals surface area contributed by atoms with E-state index in [-0.39, 0.29) is 12.1 Å². The quantitative estimate of drug-likeness (QED) is 0.493. The van der Waals surface area contributed by atoms with E-state index in [4.69, 9.17) is 0 Å². The van der Waals surface area contributed by atoms with Gasteiger partial charge >= 0.3 is 0 Å². The predicted octanol–water partition coefficient (Wildman–Crippen LogP) is -0.0444. The number of rotatable bonds is 0.